The van der Waals surface area contributed by atoms with Crippen molar-refractivity contribution < 1.29 is 13.2 Å². The summed E-state index contributed by atoms with van der Waals surface area (Å²) in [6.07, 6.45) is 2.14. The van der Waals surface area contributed by atoms with Gasteiger partial charge in [0.1, 0.15) is 0 Å². The zero-order valence-corrected chi connectivity index (χ0v) is 16.6. The molecule has 0 saturated carbocycles. The fraction of sp³-hybridized carbons (Fsp3) is 0.250. The Hall–Kier alpha value is -2.25. The first kappa shape index (κ1) is 18.1. The molecule has 5 nitrogen and oxygen atoms in total. The van der Waals surface area contributed by atoms with Gasteiger partial charge in [0.15, 0.2) is 6.29 Å². The Morgan fingerprint density at radius 1 is 1.04 bits per heavy atom. The van der Waals surface area contributed by atoms with Crippen LogP contribution in [0, 0.1) is 6.92 Å². The maximum atomic E-state index is 13.1. The molecular formula is C20H20N2O3S2. The van der Waals surface area contributed by atoms with Gasteiger partial charge < -0.3 is 4.90 Å². The monoisotopic (exact) mass is 400 g/mol. The van der Waals surface area contributed by atoms with Crippen molar-refractivity contribution in [3.8, 4) is 0 Å². The second-order valence-corrected chi connectivity index (χ2v) is 9.66. The van der Waals surface area contributed by atoms with Crippen molar-refractivity contribution in [1.29, 1.82) is 0 Å². The number of hydrogen-bond donors (Lipinski definition) is 0. The average Bonchev–Trinajstić information content (AvgIpc) is 3.08. The third-order valence-corrected chi connectivity index (χ3v) is 7.50. The molecule has 3 aromatic rings. The minimum absolute atomic E-state index is 0.208. The number of aryl methyl sites for hydroxylation is 1. The highest BCUT2D eigenvalue weighted by atomic mass is 32.2. The Bertz CT molecular complexity index is 1100. The summed E-state index contributed by atoms with van der Waals surface area (Å²) >= 11 is 1.93. The van der Waals surface area contributed by atoms with Crippen molar-refractivity contribution in [2.45, 2.75) is 11.8 Å². The van der Waals surface area contributed by atoms with Crippen molar-refractivity contribution in [2.75, 3.05) is 29.5 Å². The molecule has 0 radical (unpaired) electrons. The van der Waals surface area contributed by atoms with Crippen LogP contribution >= 0.6 is 11.8 Å². The van der Waals surface area contributed by atoms with Gasteiger partial charge in [-0.3, -0.25) is 4.79 Å². The molecule has 2 heterocycles. The standard InChI is InChI=1S/C20H20N2O3S2/c1-15-2-5-18(6-3-15)27(24,25)22-13-16(14-23)19-12-17(4-7-20(19)22)21-8-10-26-11-9-21/h2-7,12-14H,8-11H2,1H3. The molecule has 7 heteroatoms. The van der Waals surface area contributed by atoms with Gasteiger partial charge in [0.25, 0.3) is 10.0 Å². The lowest BCUT2D eigenvalue weighted by Crippen LogP contribution is -2.32. The van der Waals surface area contributed by atoms with E-state index in [1.807, 2.05) is 30.8 Å². The Morgan fingerprint density at radius 3 is 2.41 bits per heavy atom. The number of nitrogens with zero attached hydrogens (tertiary/aromatic N) is 2. The topological polar surface area (TPSA) is 59.4 Å². The number of anilines is 1. The Morgan fingerprint density at radius 2 is 1.74 bits per heavy atom. The predicted octanol–water partition coefficient (Wildman–Crippen LogP) is 3.55. The van der Waals surface area contributed by atoms with Crippen LogP contribution in [-0.2, 0) is 10.0 Å². The summed E-state index contributed by atoms with van der Waals surface area (Å²) in [5.41, 5.74) is 2.92. The number of aromatic nitrogens is 1. The summed E-state index contributed by atoms with van der Waals surface area (Å²) in [4.78, 5) is 14.1. The molecule has 1 saturated heterocycles. The number of hydrogen-bond acceptors (Lipinski definition) is 5. The van der Waals surface area contributed by atoms with E-state index in [2.05, 4.69) is 4.90 Å². The zero-order chi connectivity index (χ0) is 19.0. The number of aldehydes is 1. The van der Waals surface area contributed by atoms with Crippen molar-refractivity contribution in [1.82, 2.24) is 3.97 Å². The van der Waals surface area contributed by atoms with Gasteiger partial charge in [-0.1, -0.05) is 17.7 Å². The van der Waals surface area contributed by atoms with Gasteiger partial charge in [-0.2, -0.15) is 11.8 Å². The van der Waals surface area contributed by atoms with E-state index in [1.165, 1.54) is 10.2 Å². The molecule has 0 unspecified atom stereocenters. The van der Waals surface area contributed by atoms with Gasteiger partial charge in [0.2, 0.25) is 0 Å². The highest BCUT2D eigenvalue weighted by Gasteiger charge is 2.22. The number of benzene rings is 2. The third-order valence-electron chi connectivity index (χ3n) is 4.87. The highest BCUT2D eigenvalue weighted by Crippen LogP contribution is 2.30. The van der Waals surface area contributed by atoms with Gasteiger partial charge in [0.05, 0.1) is 10.4 Å². The average molecular weight is 401 g/mol. The number of rotatable bonds is 4. The first-order chi connectivity index (χ1) is 13.0. The molecule has 0 amide bonds. The van der Waals surface area contributed by atoms with Gasteiger partial charge in [-0.15, -0.1) is 0 Å². The van der Waals surface area contributed by atoms with E-state index in [9.17, 15) is 13.2 Å². The lowest BCUT2D eigenvalue weighted by atomic mass is 10.1. The minimum Gasteiger partial charge on any atom is -0.370 e. The molecular weight excluding hydrogens is 380 g/mol. The fourth-order valence-corrected chi connectivity index (χ4v) is 5.63. The van der Waals surface area contributed by atoms with E-state index in [1.54, 1.807) is 30.3 Å². The molecule has 4 rings (SSSR count). The molecule has 27 heavy (non-hydrogen) atoms. The molecule has 140 valence electrons. The summed E-state index contributed by atoms with van der Waals surface area (Å²) in [5, 5.41) is 0.663. The molecule has 0 atom stereocenters. The first-order valence-electron chi connectivity index (χ1n) is 8.76. The Labute approximate surface area is 163 Å². The SMILES string of the molecule is Cc1ccc(S(=O)(=O)n2cc(C=O)c3cc(N4CCSCC4)ccc32)cc1. The van der Waals surface area contributed by atoms with Crippen LogP contribution in [0.4, 0.5) is 5.69 Å². The molecule has 1 aliphatic heterocycles. The summed E-state index contributed by atoms with van der Waals surface area (Å²) in [6, 6.07) is 12.4. The molecule has 1 aliphatic rings. The fourth-order valence-electron chi connectivity index (χ4n) is 3.35. The Kier molecular flexibility index (Phi) is 4.74. The molecule has 1 aromatic heterocycles. The van der Waals surface area contributed by atoms with E-state index in [4.69, 9.17) is 0 Å². The normalized spacial score (nSPS) is 15.2. The maximum absolute atomic E-state index is 13.1. The van der Waals surface area contributed by atoms with Crippen LogP contribution in [0.3, 0.4) is 0 Å². The zero-order valence-electron chi connectivity index (χ0n) is 15.0. The van der Waals surface area contributed by atoms with Crippen LogP contribution in [0.2, 0.25) is 0 Å². The van der Waals surface area contributed by atoms with E-state index in [-0.39, 0.29) is 4.90 Å². The molecule has 0 bridgehead atoms. The van der Waals surface area contributed by atoms with E-state index < -0.39 is 10.0 Å². The molecule has 0 spiro atoms. The summed E-state index contributed by atoms with van der Waals surface area (Å²) in [7, 11) is -3.77. The van der Waals surface area contributed by atoms with Crippen molar-refractivity contribution >= 4 is 44.7 Å². The second-order valence-electron chi connectivity index (χ2n) is 6.62. The van der Waals surface area contributed by atoms with Gasteiger partial charge >= 0.3 is 0 Å². The van der Waals surface area contributed by atoms with Crippen molar-refractivity contribution in [2.24, 2.45) is 0 Å². The van der Waals surface area contributed by atoms with Gasteiger partial charge in [0, 0.05) is 47.4 Å². The van der Waals surface area contributed by atoms with E-state index >= 15 is 0 Å². The van der Waals surface area contributed by atoms with Crippen molar-refractivity contribution in [3.63, 3.8) is 0 Å². The molecule has 2 aromatic carbocycles. The van der Waals surface area contributed by atoms with Gasteiger partial charge in [-0.05, 0) is 37.3 Å². The van der Waals surface area contributed by atoms with Crippen LogP contribution in [-0.4, -0.2) is 43.3 Å². The predicted molar refractivity (Wildman–Crippen MR) is 111 cm³/mol. The maximum Gasteiger partial charge on any atom is 0.268 e. The second kappa shape index (κ2) is 7.05. The van der Waals surface area contributed by atoms with Crippen LogP contribution in [0.25, 0.3) is 10.9 Å². The highest BCUT2D eigenvalue weighted by molar-refractivity contribution is 7.99. The molecule has 0 aliphatic carbocycles. The smallest absolute Gasteiger partial charge is 0.268 e. The minimum atomic E-state index is -3.77. The number of thioether (sulfide) groups is 1. The number of fused-ring (bicyclic) bond motifs is 1. The van der Waals surface area contributed by atoms with Crippen LogP contribution in [0.5, 0.6) is 0 Å². The first-order valence-corrected chi connectivity index (χ1v) is 11.4. The summed E-state index contributed by atoms with van der Waals surface area (Å²) in [6.45, 7) is 3.82. The van der Waals surface area contributed by atoms with Crippen LogP contribution < -0.4 is 4.90 Å². The third kappa shape index (κ3) is 3.26. The van der Waals surface area contributed by atoms with Crippen LogP contribution in [0.1, 0.15) is 15.9 Å². The van der Waals surface area contributed by atoms with E-state index in [0.29, 0.717) is 16.5 Å². The Balaban J connectivity index is 1.84. The largest absolute Gasteiger partial charge is 0.370 e. The van der Waals surface area contributed by atoms with Crippen LogP contribution in [0.15, 0.2) is 53.6 Å². The molecule has 0 N–H and O–H groups in total. The van der Waals surface area contributed by atoms with Crippen molar-refractivity contribution in [3.05, 3.63) is 59.8 Å². The van der Waals surface area contributed by atoms with E-state index in [0.717, 1.165) is 42.1 Å². The van der Waals surface area contributed by atoms with Gasteiger partial charge in [-0.25, -0.2) is 12.4 Å². The summed E-state index contributed by atoms with van der Waals surface area (Å²) in [5.74, 6) is 2.14. The number of carbonyl (C=O) groups excluding carboxylic acids is 1. The lowest BCUT2D eigenvalue weighted by molar-refractivity contribution is 0.112. The molecule has 1 fully saturated rings. The lowest BCUT2D eigenvalue weighted by Gasteiger charge is -2.28. The summed E-state index contributed by atoms with van der Waals surface area (Å²) < 4.78 is 27.4. The quantitative estimate of drug-likeness (QED) is 0.627. The number of carbonyl (C=O) groups is 1.